The Bertz CT molecular complexity index is 608. The average molecular weight is 375 g/mol. The molecule has 0 aromatic heterocycles. The molecule has 0 bridgehead atoms. The maximum atomic E-state index is 12.5. The van der Waals surface area contributed by atoms with Crippen molar-refractivity contribution in [2.24, 2.45) is 0 Å². The summed E-state index contributed by atoms with van der Waals surface area (Å²) in [6, 6.07) is 5.29. The standard InChI is InChI=1S/C15H23BrN2O2S/c1-12-6-7-14(13(16)10-12)21(19,20)17-11-15(18(2)3)8-4-5-9-15/h6-7,10,17H,4-5,8-9,11H2,1-3H3. The Morgan fingerprint density at radius 3 is 2.43 bits per heavy atom. The number of nitrogens with zero attached hydrogens (tertiary/aromatic N) is 1. The highest BCUT2D eigenvalue weighted by molar-refractivity contribution is 9.10. The van der Waals surface area contributed by atoms with Gasteiger partial charge in [0.25, 0.3) is 0 Å². The summed E-state index contributed by atoms with van der Waals surface area (Å²) in [4.78, 5) is 2.46. The molecule has 6 heteroatoms. The van der Waals surface area contributed by atoms with E-state index in [1.807, 2.05) is 33.2 Å². The van der Waals surface area contributed by atoms with Crippen LogP contribution in [0.25, 0.3) is 0 Å². The van der Waals surface area contributed by atoms with E-state index in [1.54, 1.807) is 6.07 Å². The smallest absolute Gasteiger partial charge is 0.241 e. The first kappa shape index (κ1) is 16.9. The molecule has 118 valence electrons. The minimum atomic E-state index is -3.49. The topological polar surface area (TPSA) is 49.4 Å². The van der Waals surface area contributed by atoms with Gasteiger partial charge in [-0.25, -0.2) is 13.1 Å². The number of halogens is 1. The number of sulfonamides is 1. The highest BCUT2D eigenvalue weighted by Crippen LogP contribution is 2.33. The number of likely N-dealkylation sites (N-methyl/N-ethyl adjacent to an activating group) is 1. The summed E-state index contributed by atoms with van der Waals surface area (Å²) in [5.41, 5.74) is 0.978. The minimum Gasteiger partial charge on any atom is -0.302 e. The fourth-order valence-corrected chi connectivity index (χ4v) is 5.26. The van der Waals surface area contributed by atoms with E-state index in [4.69, 9.17) is 0 Å². The van der Waals surface area contributed by atoms with E-state index in [0.29, 0.717) is 15.9 Å². The molecule has 1 fully saturated rings. The van der Waals surface area contributed by atoms with Crippen LogP contribution in [-0.4, -0.2) is 39.5 Å². The van der Waals surface area contributed by atoms with Gasteiger partial charge in [-0.1, -0.05) is 18.9 Å². The largest absolute Gasteiger partial charge is 0.302 e. The Labute approximate surface area is 136 Å². The number of benzene rings is 1. The van der Waals surface area contributed by atoms with Crippen molar-refractivity contribution in [1.29, 1.82) is 0 Å². The Kier molecular flexibility index (Phi) is 5.13. The van der Waals surface area contributed by atoms with Crippen LogP contribution in [0.5, 0.6) is 0 Å². The zero-order valence-electron chi connectivity index (χ0n) is 12.8. The molecule has 1 aromatic rings. The molecular formula is C15H23BrN2O2S. The third-order valence-electron chi connectivity index (χ3n) is 4.45. The first-order chi connectivity index (χ1) is 9.77. The zero-order chi connectivity index (χ0) is 15.7. The second-order valence-electron chi connectivity index (χ2n) is 6.08. The lowest BCUT2D eigenvalue weighted by Gasteiger charge is -2.36. The van der Waals surface area contributed by atoms with Crippen LogP contribution in [0.15, 0.2) is 27.6 Å². The predicted molar refractivity (Wildman–Crippen MR) is 89.0 cm³/mol. The van der Waals surface area contributed by atoms with E-state index in [-0.39, 0.29) is 5.54 Å². The van der Waals surface area contributed by atoms with Crippen LogP contribution in [0.1, 0.15) is 31.2 Å². The predicted octanol–water partition coefficient (Wildman–Crippen LogP) is 2.91. The summed E-state index contributed by atoms with van der Waals surface area (Å²) < 4.78 is 28.5. The third-order valence-corrected chi connectivity index (χ3v) is 6.83. The fourth-order valence-electron chi connectivity index (χ4n) is 2.95. The molecule has 2 rings (SSSR count). The molecule has 1 saturated carbocycles. The summed E-state index contributed by atoms with van der Waals surface area (Å²) in [7, 11) is 0.568. The Morgan fingerprint density at radius 2 is 1.90 bits per heavy atom. The second-order valence-corrected chi connectivity index (χ2v) is 8.67. The molecule has 0 amide bonds. The molecule has 1 aliphatic carbocycles. The van der Waals surface area contributed by atoms with Crippen molar-refractivity contribution in [3.05, 3.63) is 28.2 Å². The Hall–Kier alpha value is -0.430. The molecule has 21 heavy (non-hydrogen) atoms. The summed E-state index contributed by atoms with van der Waals surface area (Å²) in [5, 5.41) is 0. The third kappa shape index (κ3) is 3.67. The van der Waals surface area contributed by atoms with E-state index >= 15 is 0 Å². The number of hydrogen-bond donors (Lipinski definition) is 1. The van der Waals surface area contributed by atoms with Crippen molar-refractivity contribution in [3.8, 4) is 0 Å². The Balaban J connectivity index is 2.18. The maximum Gasteiger partial charge on any atom is 0.241 e. The van der Waals surface area contributed by atoms with Gasteiger partial charge >= 0.3 is 0 Å². The van der Waals surface area contributed by atoms with E-state index in [1.165, 1.54) is 0 Å². The average Bonchev–Trinajstić information content (AvgIpc) is 2.86. The lowest BCUT2D eigenvalue weighted by atomic mass is 9.97. The van der Waals surface area contributed by atoms with E-state index in [9.17, 15) is 8.42 Å². The highest BCUT2D eigenvalue weighted by Gasteiger charge is 2.37. The van der Waals surface area contributed by atoms with Crippen molar-refractivity contribution >= 4 is 26.0 Å². The lowest BCUT2D eigenvalue weighted by molar-refractivity contribution is 0.162. The van der Waals surface area contributed by atoms with Gasteiger partial charge in [-0.05, 0) is 67.5 Å². The zero-order valence-corrected chi connectivity index (χ0v) is 15.2. The van der Waals surface area contributed by atoms with Crippen molar-refractivity contribution in [2.45, 2.75) is 43.0 Å². The van der Waals surface area contributed by atoms with Crippen molar-refractivity contribution < 1.29 is 8.42 Å². The van der Waals surface area contributed by atoms with E-state index < -0.39 is 10.0 Å². The van der Waals surface area contributed by atoms with Gasteiger partial charge in [-0.3, -0.25) is 0 Å². The molecule has 1 aromatic carbocycles. The Morgan fingerprint density at radius 1 is 1.29 bits per heavy atom. The van der Waals surface area contributed by atoms with Crippen LogP contribution in [0, 0.1) is 6.92 Å². The van der Waals surface area contributed by atoms with E-state index in [0.717, 1.165) is 31.2 Å². The van der Waals surface area contributed by atoms with Gasteiger partial charge in [-0.2, -0.15) is 0 Å². The quantitative estimate of drug-likeness (QED) is 0.861. The lowest BCUT2D eigenvalue weighted by Crippen LogP contribution is -2.50. The van der Waals surface area contributed by atoms with Gasteiger partial charge < -0.3 is 4.90 Å². The van der Waals surface area contributed by atoms with Gasteiger partial charge in [0.2, 0.25) is 10.0 Å². The molecule has 1 N–H and O–H groups in total. The van der Waals surface area contributed by atoms with E-state index in [2.05, 4.69) is 25.6 Å². The van der Waals surface area contributed by atoms with Crippen LogP contribution in [0.4, 0.5) is 0 Å². The summed E-state index contributed by atoms with van der Waals surface area (Å²) in [6.45, 7) is 2.40. The number of hydrogen-bond acceptors (Lipinski definition) is 3. The monoisotopic (exact) mass is 374 g/mol. The van der Waals surface area contributed by atoms with Gasteiger partial charge in [-0.15, -0.1) is 0 Å². The first-order valence-electron chi connectivity index (χ1n) is 7.20. The van der Waals surface area contributed by atoms with Gasteiger partial charge in [0.1, 0.15) is 0 Å². The molecule has 4 nitrogen and oxygen atoms in total. The fraction of sp³-hybridized carbons (Fsp3) is 0.600. The summed E-state index contributed by atoms with van der Waals surface area (Å²) in [5.74, 6) is 0. The molecule has 0 aliphatic heterocycles. The van der Waals surface area contributed by atoms with Crippen LogP contribution >= 0.6 is 15.9 Å². The van der Waals surface area contributed by atoms with Gasteiger partial charge in [0.15, 0.2) is 0 Å². The SMILES string of the molecule is Cc1ccc(S(=O)(=O)NCC2(N(C)C)CCCC2)c(Br)c1. The second kappa shape index (κ2) is 6.36. The minimum absolute atomic E-state index is 0.0513. The molecule has 0 heterocycles. The van der Waals surface area contributed by atoms with Crippen molar-refractivity contribution in [2.75, 3.05) is 20.6 Å². The van der Waals surface area contributed by atoms with Crippen LogP contribution in [0.2, 0.25) is 0 Å². The van der Waals surface area contributed by atoms with Crippen LogP contribution in [0.3, 0.4) is 0 Å². The summed E-state index contributed by atoms with van der Waals surface area (Å²) >= 11 is 3.35. The molecule has 0 unspecified atom stereocenters. The molecule has 0 radical (unpaired) electrons. The molecule has 0 spiro atoms. The van der Waals surface area contributed by atoms with Gasteiger partial charge in [0, 0.05) is 16.6 Å². The van der Waals surface area contributed by atoms with Gasteiger partial charge in [0.05, 0.1) is 4.90 Å². The molecule has 1 aliphatic rings. The number of nitrogens with one attached hydrogen (secondary N) is 1. The molecular weight excluding hydrogens is 352 g/mol. The molecule has 0 atom stereocenters. The number of aryl methyl sites for hydroxylation is 1. The van der Waals surface area contributed by atoms with Crippen LogP contribution < -0.4 is 4.72 Å². The highest BCUT2D eigenvalue weighted by atomic mass is 79.9. The normalized spacial score (nSPS) is 18.3. The first-order valence-corrected chi connectivity index (χ1v) is 9.48. The molecule has 0 saturated heterocycles. The van der Waals surface area contributed by atoms with Crippen molar-refractivity contribution in [1.82, 2.24) is 9.62 Å². The summed E-state index contributed by atoms with van der Waals surface area (Å²) in [6.07, 6.45) is 4.40. The maximum absolute atomic E-state index is 12.5. The van der Waals surface area contributed by atoms with Crippen LogP contribution in [-0.2, 0) is 10.0 Å². The van der Waals surface area contributed by atoms with Crippen molar-refractivity contribution in [3.63, 3.8) is 0 Å². The number of rotatable bonds is 5.